The van der Waals surface area contributed by atoms with Crippen LogP contribution in [0.2, 0.25) is 5.02 Å². The van der Waals surface area contributed by atoms with Crippen molar-refractivity contribution in [2.45, 2.75) is 40.5 Å². The number of nitro benzene ring substituents is 1. The van der Waals surface area contributed by atoms with Gasteiger partial charge in [0.05, 0.1) is 10.6 Å². The molecular formula is C24H25ClN4O4. The quantitative estimate of drug-likeness (QED) is 0.348. The zero-order valence-electron chi connectivity index (χ0n) is 18.9. The Morgan fingerprint density at radius 2 is 1.73 bits per heavy atom. The summed E-state index contributed by atoms with van der Waals surface area (Å²) < 4.78 is 0. The highest BCUT2D eigenvalue weighted by molar-refractivity contribution is 6.51. The average Bonchev–Trinajstić information content (AvgIpc) is 3.04. The number of aryl methyl sites for hydroxylation is 1. The van der Waals surface area contributed by atoms with Gasteiger partial charge < -0.3 is 5.32 Å². The maximum Gasteiger partial charge on any atom is 0.269 e. The third-order valence-electron chi connectivity index (χ3n) is 7.76. The number of rotatable bonds is 5. The normalized spacial score (nSPS) is 26.5. The number of hydrogen-bond acceptors (Lipinski definition) is 6. The number of fused-ring (bicyclic) bond motifs is 2. The van der Waals surface area contributed by atoms with Gasteiger partial charge in [0.1, 0.15) is 11.1 Å². The molecule has 2 aliphatic rings. The zero-order valence-corrected chi connectivity index (χ0v) is 19.6. The van der Waals surface area contributed by atoms with Gasteiger partial charge in [0.2, 0.25) is 5.91 Å². The van der Waals surface area contributed by atoms with Crippen LogP contribution >= 0.6 is 11.6 Å². The van der Waals surface area contributed by atoms with Crippen molar-refractivity contribution in [2.75, 3.05) is 10.7 Å². The van der Waals surface area contributed by atoms with Crippen molar-refractivity contribution in [2.24, 2.45) is 21.3 Å². The molecule has 4 rings (SSSR count). The van der Waals surface area contributed by atoms with Crippen LogP contribution < -0.4 is 10.7 Å². The Labute approximate surface area is 196 Å². The molecule has 0 radical (unpaired) electrons. The predicted molar refractivity (Wildman–Crippen MR) is 128 cm³/mol. The van der Waals surface area contributed by atoms with Crippen LogP contribution in [0, 0.1) is 33.3 Å². The molecule has 8 nitrogen and oxygen atoms in total. The molecule has 1 amide bonds. The van der Waals surface area contributed by atoms with Gasteiger partial charge in [-0.05, 0) is 55.0 Å². The number of nitrogens with one attached hydrogen (secondary N) is 2. The smallest absolute Gasteiger partial charge is 0.269 e. The van der Waals surface area contributed by atoms with Gasteiger partial charge in [-0.3, -0.25) is 25.1 Å². The first-order valence-electron chi connectivity index (χ1n) is 10.6. The summed E-state index contributed by atoms with van der Waals surface area (Å²) in [5.74, 6) is -0.659. The minimum atomic E-state index is -1.25. The minimum absolute atomic E-state index is 0.0378. The van der Waals surface area contributed by atoms with Crippen molar-refractivity contribution >= 4 is 46.1 Å². The fraction of sp³-hybridized carbons (Fsp3) is 0.375. The predicted octanol–water partition coefficient (Wildman–Crippen LogP) is 5.36. The number of nitro groups is 1. The number of non-ortho nitro benzene ring substituents is 1. The van der Waals surface area contributed by atoms with Crippen LogP contribution in [0.3, 0.4) is 0 Å². The Morgan fingerprint density at radius 3 is 2.33 bits per heavy atom. The molecule has 2 aliphatic carbocycles. The van der Waals surface area contributed by atoms with E-state index in [2.05, 4.69) is 15.8 Å². The van der Waals surface area contributed by atoms with Crippen LogP contribution in [0.15, 0.2) is 47.6 Å². The summed E-state index contributed by atoms with van der Waals surface area (Å²) in [6.07, 6.45) is 1.06. The van der Waals surface area contributed by atoms with E-state index in [-0.39, 0.29) is 17.4 Å². The topological polar surface area (TPSA) is 114 Å². The third kappa shape index (κ3) is 3.23. The van der Waals surface area contributed by atoms with Crippen molar-refractivity contribution in [1.29, 1.82) is 0 Å². The van der Waals surface area contributed by atoms with E-state index in [1.807, 2.05) is 33.8 Å². The second-order valence-corrected chi connectivity index (χ2v) is 9.89. The van der Waals surface area contributed by atoms with E-state index in [1.54, 1.807) is 12.1 Å². The number of hydrazone groups is 1. The van der Waals surface area contributed by atoms with Crippen molar-refractivity contribution in [3.05, 3.63) is 63.2 Å². The molecule has 2 fully saturated rings. The molecule has 2 aromatic rings. The maximum atomic E-state index is 13.7. The second-order valence-electron chi connectivity index (χ2n) is 9.49. The summed E-state index contributed by atoms with van der Waals surface area (Å²) in [5.41, 5.74) is 2.53. The van der Waals surface area contributed by atoms with Crippen LogP contribution in [0.1, 0.15) is 39.2 Å². The summed E-state index contributed by atoms with van der Waals surface area (Å²) >= 11 is 6.21. The first-order chi connectivity index (χ1) is 15.4. The van der Waals surface area contributed by atoms with E-state index in [0.717, 1.165) is 5.56 Å². The number of benzene rings is 2. The van der Waals surface area contributed by atoms with Crippen molar-refractivity contribution < 1.29 is 14.5 Å². The molecule has 0 spiro atoms. The van der Waals surface area contributed by atoms with Gasteiger partial charge in [-0.25, -0.2) is 0 Å². The highest BCUT2D eigenvalue weighted by Gasteiger charge is 2.76. The van der Waals surface area contributed by atoms with E-state index in [0.29, 0.717) is 35.0 Å². The lowest BCUT2D eigenvalue weighted by atomic mass is 9.64. The molecule has 9 heteroatoms. The number of hydrogen-bond donors (Lipinski definition) is 2. The van der Waals surface area contributed by atoms with Crippen LogP contribution in [0.5, 0.6) is 0 Å². The van der Waals surface area contributed by atoms with Gasteiger partial charge in [0, 0.05) is 28.3 Å². The van der Waals surface area contributed by atoms with E-state index in [9.17, 15) is 19.7 Å². The molecule has 0 aromatic heterocycles. The molecule has 33 heavy (non-hydrogen) atoms. The Hall–Kier alpha value is -3.26. The monoisotopic (exact) mass is 468 g/mol. The van der Waals surface area contributed by atoms with Crippen molar-refractivity contribution in [1.82, 2.24) is 0 Å². The Balaban J connectivity index is 1.65. The number of Topliss-reactive ketones (excluding diaryl/α,β-unsaturated/α-hetero) is 1. The van der Waals surface area contributed by atoms with Crippen LogP contribution in [-0.4, -0.2) is 22.3 Å². The standard InChI is InChI=1S/C24H25ClN4O4/c1-14-5-6-16(13-18(14)25)26-21(31)24-12-11-23(4,22(24,2)3)19(20(24)30)28-27-15-7-9-17(10-8-15)29(32)33/h5-10,13,27H,11-12H2,1-4H3,(H,26,31). The summed E-state index contributed by atoms with van der Waals surface area (Å²) in [6.45, 7) is 7.72. The molecule has 2 aromatic carbocycles. The zero-order chi connectivity index (χ0) is 24.2. The fourth-order valence-corrected chi connectivity index (χ4v) is 5.34. The van der Waals surface area contributed by atoms with E-state index in [4.69, 9.17) is 11.6 Å². The first-order valence-corrected chi connectivity index (χ1v) is 11.0. The largest absolute Gasteiger partial charge is 0.325 e. The van der Waals surface area contributed by atoms with Gasteiger partial charge in [-0.15, -0.1) is 0 Å². The number of amides is 1. The van der Waals surface area contributed by atoms with Gasteiger partial charge in [-0.2, -0.15) is 5.10 Å². The number of halogens is 1. The lowest BCUT2D eigenvalue weighted by Crippen LogP contribution is -2.47. The highest BCUT2D eigenvalue weighted by atomic mass is 35.5. The van der Waals surface area contributed by atoms with E-state index in [1.165, 1.54) is 24.3 Å². The van der Waals surface area contributed by atoms with Crippen molar-refractivity contribution in [3.8, 4) is 0 Å². The minimum Gasteiger partial charge on any atom is -0.325 e. The number of ketones is 1. The molecule has 2 N–H and O–H groups in total. The molecule has 0 heterocycles. The van der Waals surface area contributed by atoms with Crippen molar-refractivity contribution in [3.63, 3.8) is 0 Å². The number of nitrogens with zero attached hydrogens (tertiary/aromatic N) is 2. The van der Waals surface area contributed by atoms with Gasteiger partial charge in [-0.1, -0.05) is 38.4 Å². The Morgan fingerprint density at radius 1 is 1.09 bits per heavy atom. The average molecular weight is 469 g/mol. The third-order valence-corrected chi connectivity index (χ3v) is 8.17. The first kappa shape index (κ1) is 22.9. The SMILES string of the molecule is Cc1ccc(NC(=O)C23CCC(C)(C(=NNc4ccc([N+](=O)[O-])cc4)C2=O)C3(C)C)cc1Cl. The summed E-state index contributed by atoms with van der Waals surface area (Å²) in [4.78, 5) is 37.6. The van der Waals surface area contributed by atoms with Crippen LogP contribution in [0.25, 0.3) is 0 Å². The fourth-order valence-electron chi connectivity index (χ4n) is 5.16. The molecule has 2 saturated carbocycles. The Kier molecular flexibility index (Phi) is 5.32. The molecule has 0 aliphatic heterocycles. The molecule has 172 valence electrons. The summed E-state index contributed by atoms with van der Waals surface area (Å²) in [6, 6.07) is 11.0. The van der Waals surface area contributed by atoms with Gasteiger partial charge in [0.25, 0.3) is 5.69 Å². The number of carbonyl (C=O) groups excluding carboxylic acids is 2. The lowest BCUT2D eigenvalue weighted by Gasteiger charge is -2.37. The lowest BCUT2D eigenvalue weighted by molar-refractivity contribution is -0.384. The molecule has 2 atom stereocenters. The Bertz CT molecular complexity index is 1210. The second kappa shape index (κ2) is 7.66. The molecule has 2 unspecified atom stereocenters. The highest BCUT2D eigenvalue weighted by Crippen LogP contribution is 2.69. The number of carbonyl (C=O) groups is 2. The van der Waals surface area contributed by atoms with Gasteiger partial charge >= 0.3 is 0 Å². The van der Waals surface area contributed by atoms with Gasteiger partial charge in [0.15, 0.2) is 5.78 Å². The number of anilines is 2. The van der Waals surface area contributed by atoms with Crippen LogP contribution in [-0.2, 0) is 9.59 Å². The maximum absolute atomic E-state index is 13.7. The van der Waals surface area contributed by atoms with E-state index < -0.39 is 21.2 Å². The summed E-state index contributed by atoms with van der Waals surface area (Å²) in [5, 5.41) is 18.7. The molecule has 2 bridgehead atoms. The van der Waals surface area contributed by atoms with E-state index >= 15 is 0 Å². The molecule has 0 saturated heterocycles. The van der Waals surface area contributed by atoms with Crippen LogP contribution in [0.4, 0.5) is 17.1 Å². The molecular weight excluding hydrogens is 444 g/mol. The summed E-state index contributed by atoms with van der Waals surface area (Å²) in [7, 11) is 0.